The molecule has 0 bridgehead atoms. The van der Waals surface area contributed by atoms with Crippen LogP contribution in [0.5, 0.6) is 0 Å². The lowest BCUT2D eigenvalue weighted by Gasteiger charge is -2.32. The Morgan fingerprint density at radius 2 is 1.92 bits per heavy atom. The van der Waals surface area contributed by atoms with Gasteiger partial charge in [-0.1, -0.05) is 6.92 Å². The number of nitrogens with one attached hydrogen (secondary N) is 2. The zero-order valence-electron chi connectivity index (χ0n) is 13.8. The van der Waals surface area contributed by atoms with Gasteiger partial charge in [-0.05, 0) is 19.1 Å². The second kappa shape index (κ2) is 10.3. The van der Waals surface area contributed by atoms with Crippen LogP contribution in [0.15, 0.2) is 4.99 Å². The first-order valence-corrected chi connectivity index (χ1v) is 9.91. The maximum absolute atomic E-state index is 12.5. The zero-order valence-corrected chi connectivity index (χ0v) is 17.7. The van der Waals surface area contributed by atoms with E-state index in [1.54, 1.807) is 18.8 Å². The second-order valence-corrected chi connectivity index (χ2v) is 8.47. The van der Waals surface area contributed by atoms with Crippen molar-refractivity contribution < 1.29 is 21.6 Å². The SMILES string of the molecule is CN=C(NCC(C)SC)NC1CCN(S(=O)(=O)C(F)(F)F)CC1.I. The molecule has 1 aliphatic heterocycles. The Labute approximate surface area is 162 Å². The minimum absolute atomic E-state index is 0. The van der Waals surface area contributed by atoms with E-state index in [-0.39, 0.29) is 43.1 Å². The Balaban J connectivity index is 0.00000529. The molecule has 0 spiro atoms. The van der Waals surface area contributed by atoms with Gasteiger partial charge in [0.15, 0.2) is 5.96 Å². The highest BCUT2D eigenvalue weighted by Crippen LogP contribution is 2.28. The summed E-state index contributed by atoms with van der Waals surface area (Å²) in [5.74, 6) is 0.572. The summed E-state index contributed by atoms with van der Waals surface area (Å²) in [6.45, 7) is 2.46. The predicted octanol–water partition coefficient (Wildman–Crippen LogP) is 1.83. The van der Waals surface area contributed by atoms with Gasteiger partial charge in [0.25, 0.3) is 0 Å². The molecule has 0 aliphatic carbocycles. The highest BCUT2D eigenvalue weighted by atomic mass is 127. The summed E-state index contributed by atoms with van der Waals surface area (Å²) in [5.41, 5.74) is -5.24. The number of thioether (sulfide) groups is 1. The molecular formula is C12H24F3IN4O2S2. The second-order valence-electron chi connectivity index (χ2n) is 5.27. The Hall–Kier alpha value is 0.0500. The van der Waals surface area contributed by atoms with E-state index in [0.717, 1.165) is 0 Å². The van der Waals surface area contributed by atoms with E-state index in [1.165, 1.54) is 0 Å². The lowest BCUT2D eigenvalue weighted by atomic mass is 10.1. The van der Waals surface area contributed by atoms with E-state index in [4.69, 9.17) is 0 Å². The molecule has 0 aromatic carbocycles. The number of sulfonamides is 1. The molecule has 6 nitrogen and oxygen atoms in total. The first-order valence-electron chi connectivity index (χ1n) is 7.18. The van der Waals surface area contributed by atoms with Crippen molar-refractivity contribution in [3.63, 3.8) is 0 Å². The van der Waals surface area contributed by atoms with Crippen LogP contribution in [-0.2, 0) is 10.0 Å². The van der Waals surface area contributed by atoms with Gasteiger partial charge in [-0.25, -0.2) is 8.42 Å². The molecule has 0 amide bonds. The van der Waals surface area contributed by atoms with Crippen molar-refractivity contribution in [2.75, 3.05) is 32.9 Å². The molecule has 24 heavy (non-hydrogen) atoms. The average molecular weight is 504 g/mol. The summed E-state index contributed by atoms with van der Waals surface area (Å²) in [5, 5.41) is 6.66. The molecule has 0 aromatic heterocycles. The summed E-state index contributed by atoms with van der Waals surface area (Å²) >= 11 is 1.70. The van der Waals surface area contributed by atoms with Crippen LogP contribution in [0, 0.1) is 0 Å². The van der Waals surface area contributed by atoms with E-state index < -0.39 is 15.5 Å². The third kappa shape index (κ3) is 6.75. The van der Waals surface area contributed by atoms with Gasteiger partial charge in [0.2, 0.25) is 0 Å². The van der Waals surface area contributed by atoms with Gasteiger partial charge in [0.1, 0.15) is 0 Å². The van der Waals surface area contributed by atoms with Gasteiger partial charge in [-0.2, -0.15) is 29.2 Å². The van der Waals surface area contributed by atoms with Gasteiger partial charge >= 0.3 is 15.5 Å². The molecule has 0 saturated carbocycles. The number of nitrogens with zero attached hydrogens (tertiary/aromatic N) is 2. The Morgan fingerprint density at radius 1 is 1.38 bits per heavy atom. The van der Waals surface area contributed by atoms with Crippen molar-refractivity contribution in [3.05, 3.63) is 0 Å². The van der Waals surface area contributed by atoms with Gasteiger partial charge in [-0.3, -0.25) is 4.99 Å². The highest BCUT2D eigenvalue weighted by Gasteiger charge is 2.50. The lowest BCUT2D eigenvalue weighted by Crippen LogP contribution is -2.52. The lowest BCUT2D eigenvalue weighted by molar-refractivity contribution is -0.0494. The first kappa shape index (κ1) is 24.1. The van der Waals surface area contributed by atoms with E-state index >= 15 is 0 Å². The number of hydrogen-bond donors (Lipinski definition) is 2. The summed E-state index contributed by atoms with van der Waals surface area (Å²) in [4.78, 5) is 4.07. The molecule has 1 saturated heterocycles. The molecule has 12 heteroatoms. The van der Waals surface area contributed by atoms with Crippen molar-refractivity contribution in [2.45, 2.75) is 36.6 Å². The largest absolute Gasteiger partial charge is 0.511 e. The molecule has 1 atom stereocenters. The zero-order chi connectivity index (χ0) is 17.7. The minimum Gasteiger partial charge on any atom is -0.355 e. The normalized spacial score (nSPS) is 19.5. The minimum atomic E-state index is -5.24. The first-order chi connectivity index (χ1) is 10.6. The molecule has 2 N–H and O–H groups in total. The van der Waals surface area contributed by atoms with Crippen LogP contribution in [-0.4, -0.2) is 68.4 Å². The van der Waals surface area contributed by atoms with Crippen molar-refractivity contribution in [3.8, 4) is 0 Å². The highest BCUT2D eigenvalue weighted by molar-refractivity contribution is 14.0. The van der Waals surface area contributed by atoms with Crippen LogP contribution in [0.1, 0.15) is 19.8 Å². The fourth-order valence-corrected chi connectivity index (χ4v) is 3.33. The smallest absolute Gasteiger partial charge is 0.355 e. The van der Waals surface area contributed by atoms with Gasteiger partial charge in [0.05, 0.1) is 0 Å². The van der Waals surface area contributed by atoms with Crippen LogP contribution in [0.3, 0.4) is 0 Å². The summed E-state index contributed by atoms with van der Waals surface area (Å²) in [7, 11) is -3.61. The van der Waals surface area contributed by atoms with Crippen LogP contribution in [0.25, 0.3) is 0 Å². The van der Waals surface area contributed by atoms with E-state index in [2.05, 4.69) is 22.5 Å². The van der Waals surface area contributed by atoms with Crippen LogP contribution >= 0.6 is 35.7 Å². The van der Waals surface area contributed by atoms with Gasteiger partial charge in [0, 0.05) is 38.0 Å². The summed E-state index contributed by atoms with van der Waals surface area (Å²) < 4.78 is 60.7. The fourth-order valence-electron chi connectivity index (χ4n) is 2.10. The third-order valence-corrected chi connectivity index (χ3v) is 6.21. The number of halogens is 4. The monoisotopic (exact) mass is 504 g/mol. The third-order valence-electron chi connectivity index (χ3n) is 3.61. The molecule has 1 fully saturated rings. The van der Waals surface area contributed by atoms with Crippen LogP contribution < -0.4 is 10.6 Å². The van der Waals surface area contributed by atoms with E-state index in [1.807, 2.05) is 6.26 Å². The standard InChI is InChI=1S/C12H23F3N4O2S2.HI/c1-9(22-3)8-17-11(16-2)18-10-4-6-19(7-5-10)23(20,21)12(13,14)15;/h9-10H,4-8H2,1-3H3,(H2,16,17,18);1H. The maximum atomic E-state index is 12.5. The Kier molecular flexibility index (Phi) is 10.3. The molecule has 144 valence electrons. The summed E-state index contributed by atoms with van der Waals surface area (Å²) in [6.07, 6.45) is 2.60. The number of rotatable bonds is 5. The number of hydrogen-bond acceptors (Lipinski definition) is 4. The number of guanidine groups is 1. The maximum Gasteiger partial charge on any atom is 0.511 e. The fraction of sp³-hybridized carbons (Fsp3) is 0.917. The topological polar surface area (TPSA) is 73.8 Å². The Bertz CT molecular complexity index is 509. The van der Waals surface area contributed by atoms with Crippen LogP contribution in [0.4, 0.5) is 13.2 Å². The van der Waals surface area contributed by atoms with Crippen molar-refractivity contribution in [1.82, 2.24) is 14.9 Å². The quantitative estimate of drug-likeness (QED) is 0.340. The number of aliphatic imine (C=N–C) groups is 1. The van der Waals surface area contributed by atoms with E-state index in [9.17, 15) is 21.6 Å². The summed E-state index contributed by atoms with van der Waals surface area (Å²) in [6, 6.07) is -0.106. The Morgan fingerprint density at radius 3 is 2.33 bits per heavy atom. The average Bonchev–Trinajstić information content (AvgIpc) is 2.50. The molecule has 0 radical (unpaired) electrons. The van der Waals surface area contributed by atoms with Crippen LogP contribution in [0.2, 0.25) is 0 Å². The molecule has 1 heterocycles. The number of alkyl halides is 3. The molecule has 1 rings (SSSR count). The van der Waals surface area contributed by atoms with E-state index in [0.29, 0.717) is 34.9 Å². The van der Waals surface area contributed by atoms with Gasteiger partial charge < -0.3 is 10.6 Å². The predicted molar refractivity (Wildman–Crippen MR) is 102 cm³/mol. The van der Waals surface area contributed by atoms with Gasteiger partial charge in [-0.15, -0.1) is 24.0 Å². The van der Waals surface area contributed by atoms with Crippen molar-refractivity contribution in [1.29, 1.82) is 0 Å². The molecule has 1 unspecified atom stereocenters. The van der Waals surface area contributed by atoms with Crippen molar-refractivity contribution in [2.24, 2.45) is 4.99 Å². The molecule has 1 aliphatic rings. The van der Waals surface area contributed by atoms with Crippen molar-refractivity contribution >= 4 is 51.7 Å². The molecular weight excluding hydrogens is 480 g/mol. The number of piperidine rings is 1. The molecule has 0 aromatic rings.